The van der Waals surface area contributed by atoms with Crippen molar-refractivity contribution >= 4 is 15.7 Å². The van der Waals surface area contributed by atoms with E-state index in [-0.39, 0.29) is 11.4 Å². The molecule has 0 saturated carbocycles. The molecular formula is C13H19FN2O4S. The van der Waals surface area contributed by atoms with Crippen molar-refractivity contribution in [1.29, 1.82) is 0 Å². The summed E-state index contributed by atoms with van der Waals surface area (Å²) in [5, 5.41) is 10.5. The molecule has 118 valence electrons. The van der Waals surface area contributed by atoms with Crippen LogP contribution in [0, 0.1) is 21.8 Å². The zero-order chi connectivity index (χ0) is 16.0. The van der Waals surface area contributed by atoms with Crippen molar-refractivity contribution in [3.63, 3.8) is 0 Å². The van der Waals surface area contributed by atoms with Crippen LogP contribution in [-0.2, 0) is 10.0 Å². The summed E-state index contributed by atoms with van der Waals surface area (Å²) in [5.41, 5.74) is -0.745. The van der Waals surface area contributed by atoms with Crippen molar-refractivity contribution in [2.24, 2.45) is 5.92 Å². The number of unbranched alkanes of at least 4 members (excludes halogenated alkanes) is 1. The molecule has 0 unspecified atom stereocenters. The fourth-order valence-corrected chi connectivity index (χ4v) is 2.86. The van der Waals surface area contributed by atoms with Gasteiger partial charge in [-0.2, -0.15) is 4.39 Å². The van der Waals surface area contributed by atoms with Crippen molar-refractivity contribution in [2.75, 3.05) is 6.54 Å². The summed E-state index contributed by atoms with van der Waals surface area (Å²) in [6.45, 7) is 4.43. The third-order valence-corrected chi connectivity index (χ3v) is 4.39. The lowest BCUT2D eigenvalue weighted by Gasteiger charge is -2.08. The number of benzene rings is 1. The maximum Gasteiger partial charge on any atom is 0.304 e. The van der Waals surface area contributed by atoms with Crippen LogP contribution in [0.3, 0.4) is 0 Å². The van der Waals surface area contributed by atoms with Gasteiger partial charge in [0, 0.05) is 18.7 Å². The number of nitrogens with zero attached hydrogens (tertiary/aromatic N) is 1. The maximum atomic E-state index is 13.4. The zero-order valence-corrected chi connectivity index (χ0v) is 12.8. The standard InChI is InChI=1S/C13H19FN2O4S/c1-10(2)5-3-4-8-15-21(19,20)11-6-7-13(16(17)18)12(14)9-11/h6-7,9-10,15H,3-5,8H2,1-2H3. The molecule has 0 aromatic heterocycles. The second-order valence-electron chi connectivity index (χ2n) is 5.16. The molecule has 21 heavy (non-hydrogen) atoms. The molecule has 1 rings (SSSR count). The molecule has 0 fully saturated rings. The van der Waals surface area contributed by atoms with E-state index >= 15 is 0 Å². The maximum absolute atomic E-state index is 13.4. The molecule has 0 heterocycles. The van der Waals surface area contributed by atoms with Crippen LogP contribution in [0.25, 0.3) is 0 Å². The van der Waals surface area contributed by atoms with E-state index in [0.29, 0.717) is 18.4 Å². The van der Waals surface area contributed by atoms with Gasteiger partial charge in [-0.05, 0) is 18.4 Å². The highest BCUT2D eigenvalue weighted by Gasteiger charge is 2.20. The van der Waals surface area contributed by atoms with E-state index in [9.17, 15) is 22.9 Å². The molecule has 1 aromatic carbocycles. The number of hydrogen-bond donors (Lipinski definition) is 1. The molecule has 1 aromatic rings. The average molecular weight is 318 g/mol. The number of halogens is 1. The molecule has 0 saturated heterocycles. The Hall–Kier alpha value is -1.54. The van der Waals surface area contributed by atoms with Gasteiger partial charge in [-0.1, -0.05) is 26.7 Å². The molecule has 6 nitrogen and oxygen atoms in total. The highest BCUT2D eigenvalue weighted by molar-refractivity contribution is 7.89. The summed E-state index contributed by atoms with van der Waals surface area (Å²) in [4.78, 5) is 9.27. The number of nitrogens with one attached hydrogen (secondary N) is 1. The quantitative estimate of drug-likeness (QED) is 0.453. The van der Waals surface area contributed by atoms with Gasteiger partial charge in [0.1, 0.15) is 0 Å². The van der Waals surface area contributed by atoms with Crippen molar-refractivity contribution in [2.45, 2.75) is 38.0 Å². The zero-order valence-electron chi connectivity index (χ0n) is 12.0. The van der Waals surface area contributed by atoms with E-state index in [1.54, 1.807) is 0 Å². The van der Waals surface area contributed by atoms with Gasteiger partial charge >= 0.3 is 5.69 Å². The molecule has 0 radical (unpaired) electrons. The Kier molecular flexibility index (Phi) is 6.22. The fourth-order valence-electron chi connectivity index (χ4n) is 1.77. The molecule has 0 aliphatic carbocycles. The Labute approximate surface area is 123 Å². The van der Waals surface area contributed by atoms with E-state index in [4.69, 9.17) is 0 Å². The van der Waals surface area contributed by atoms with E-state index in [2.05, 4.69) is 18.6 Å². The number of nitro groups is 1. The van der Waals surface area contributed by atoms with Crippen LogP contribution in [0.5, 0.6) is 0 Å². The molecule has 1 N–H and O–H groups in total. The first-order valence-electron chi connectivity index (χ1n) is 6.67. The average Bonchev–Trinajstić information content (AvgIpc) is 2.37. The minimum absolute atomic E-state index is 0.258. The Bertz CT molecular complexity index is 602. The lowest BCUT2D eigenvalue weighted by molar-refractivity contribution is -0.387. The first-order chi connectivity index (χ1) is 9.74. The number of rotatable bonds is 8. The first kappa shape index (κ1) is 17.5. The van der Waals surface area contributed by atoms with E-state index in [1.165, 1.54) is 0 Å². The number of sulfonamides is 1. The lowest BCUT2D eigenvalue weighted by Crippen LogP contribution is -2.25. The molecule has 0 atom stereocenters. The Balaban J connectivity index is 2.66. The Morgan fingerprint density at radius 2 is 2.00 bits per heavy atom. The fraction of sp³-hybridized carbons (Fsp3) is 0.538. The number of hydrogen-bond acceptors (Lipinski definition) is 4. The summed E-state index contributed by atoms with van der Waals surface area (Å²) in [5.74, 6) is -0.604. The van der Waals surface area contributed by atoms with Crippen LogP contribution < -0.4 is 4.72 Å². The third-order valence-electron chi connectivity index (χ3n) is 2.93. The van der Waals surface area contributed by atoms with Gasteiger partial charge in [-0.15, -0.1) is 0 Å². The van der Waals surface area contributed by atoms with Gasteiger partial charge in [0.05, 0.1) is 9.82 Å². The van der Waals surface area contributed by atoms with Crippen molar-refractivity contribution in [3.8, 4) is 0 Å². The highest BCUT2D eigenvalue weighted by atomic mass is 32.2. The van der Waals surface area contributed by atoms with Gasteiger partial charge in [0.2, 0.25) is 15.8 Å². The van der Waals surface area contributed by atoms with E-state index in [1.807, 2.05) is 0 Å². The van der Waals surface area contributed by atoms with Crippen LogP contribution in [0.4, 0.5) is 10.1 Å². The van der Waals surface area contributed by atoms with Crippen molar-refractivity contribution < 1.29 is 17.7 Å². The normalized spacial score (nSPS) is 11.8. The molecular weight excluding hydrogens is 299 g/mol. The summed E-state index contributed by atoms with van der Waals surface area (Å²) < 4.78 is 39.6. The van der Waals surface area contributed by atoms with Crippen LogP contribution in [0.2, 0.25) is 0 Å². The largest absolute Gasteiger partial charge is 0.304 e. The second-order valence-corrected chi connectivity index (χ2v) is 6.92. The van der Waals surface area contributed by atoms with Gasteiger partial charge in [-0.3, -0.25) is 10.1 Å². The predicted octanol–water partition coefficient (Wildman–Crippen LogP) is 2.84. The first-order valence-corrected chi connectivity index (χ1v) is 8.16. The predicted molar refractivity (Wildman–Crippen MR) is 76.9 cm³/mol. The Morgan fingerprint density at radius 3 is 2.52 bits per heavy atom. The van der Waals surface area contributed by atoms with Gasteiger partial charge < -0.3 is 0 Å². The smallest absolute Gasteiger partial charge is 0.258 e. The van der Waals surface area contributed by atoms with Crippen LogP contribution in [0.1, 0.15) is 33.1 Å². The molecule has 8 heteroatoms. The summed E-state index contributed by atoms with van der Waals surface area (Å²) in [6.07, 6.45) is 2.59. The summed E-state index contributed by atoms with van der Waals surface area (Å²) >= 11 is 0. The topological polar surface area (TPSA) is 89.3 Å². The monoisotopic (exact) mass is 318 g/mol. The van der Waals surface area contributed by atoms with Crippen LogP contribution in [0.15, 0.2) is 23.1 Å². The van der Waals surface area contributed by atoms with Crippen LogP contribution in [-0.4, -0.2) is 19.9 Å². The molecule has 0 amide bonds. The summed E-state index contributed by atoms with van der Waals surface area (Å²) in [7, 11) is -3.84. The third kappa shape index (κ3) is 5.39. The SMILES string of the molecule is CC(C)CCCCNS(=O)(=O)c1ccc([N+](=O)[O-])c(F)c1. The Morgan fingerprint density at radius 1 is 1.33 bits per heavy atom. The number of nitro benzene ring substituents is 1. The molecule has 0 spiro atoms. The van der Waals surface area contributed by atoms with E-state index < -0.39 is 26.5 Å². The van der Waals surface area contributed by atoms with Gasteiger partial charge in [-0.25, -0.2) is 13.1 Å². The lowest BCUT2D eigenvalue weighted by atomic mass is 10.1. The molecule has 0 aliphatic rings. The second kappa shape index (κ2) is 7.46. The minimum atomic E-state index is -3.84. The van der Waals surface area contributed by atoms with E-state index in [0.717, 1.165) is 25.0 Å². The highest BCUT2D eigenvalue weighted by Crippen LogP contribution is 2.20. The molecule has 0 aliphatic heterocycles. The van der Waals surface area contributed by atoms with Crippen molar-refractivity contribution in [1.82, 2.24) is 4.72 Å². The minimum Gasteiger partial charge on any atom is -0.258 e. The van der Waals surface area contributed by atoms with Crippen LogP contribution >= 0.6 is 0 Å². The molecule has 0 bridgehead atoms. The van der Waals surface area contributed by atoms with Crippen molar-refractivity contribution in [3.05, 3.63) is 34.1 Å². The van der Waals surface area contributed by atoms with Gasteiger partial charge in [0.15, 0.2) is 0 Å². The van der Waals surface area contributed by atoms with Gasteiger partial charge in [0.25, 0.3) is 0 Å². The summed E-state index contributed by atoms with van der Waals surface area (Å²) in [6, 6.07) is 2.54.